The Balaban J connectivity index is 1.75. The van der Waals surface area contributed by atoms with Crippen molar-refractivity contribution in [2.24, 2.45) is 5.10 Å². The molecule has 0 fully saturated rings. The quantitative estimate of drug-likeness (QED) is 0.274. The highest BCUT2D eigenvalue weighted by Gasteiger charge is 2.27. The number of hydrogen-bond donors (Lipinski definition) is 1. The zero-order valence-corrected chi connectivity index (χ0v) is 21.9. The van der Waals surface area contributed by atoms with Crippen LogP contribution in [-0.2, 0) is 21.4 Å². The second-order valence-electron chi connectivity index (χ2n) is 7.97. The smallest absolute Gasteiger partial charge is 0.255 e. The van der Waals surface area contributed by atoms with Crippen molar-refractivity contribution in [3.8, 4) is 0 Å². The molecule has 1 amide bonds. The van der Waals surface area contributed by atoms with Crippen LogP contribution >= 0.6 is 27.5 Å². The lowest BCUT2D eigenvalue weighted by molar-refractivity contribution is -0.121. The molecule has 0 heterocycles. The molecule has 0 saturated heterocycles. The lowest BCUT2D eigenvalue weighted by Crippen LogP contribution is -2.39. The molecule has 0 spiro atoms. The summed E-state index contributed by atoms with van der Waals surface area (Å²) >= 11 is 9.28. The Morgan fingerprint density at radius 2 is 1.65 bits per heavy atom. The Morgan fingerprint density at radius 1 is 1.03 bits per heavy atom. The van der Waals surface area contributed by atoms with E-state index in [0.29, 0.717) is 10.9 Å². The van der Waals surface area contributed by atoms with E-state index in [2.05, 4.69) is 40.3 Å². The van der Waals surface area contributed by atoms with Crippen LogP contribution in [0.15, 0.2) is 87.3 Å². The molecular formula is C25H25BrClN3O3S. The minimum atomic E-state index is -3.96. The Kier molecular flexibility index (Phi) is 9.02. The van der Waals surface area contributed by atoms with Crippen LogP contribution in [0.5, 0.6) is 0 Å². The molecule has 3 aromatic carbocycles. The fraction of sp³-hybridized carbons (Fsp3) is 0.200. The standard InChI is InChI=1S/C25H25BrClN3O3S/c1-18(2)21-7-3-19(4-8-21)15-28-29-25(31)17-30(16-20-5-9-22(26)10-6-20)34(32,33)24-13-11-23(27)12-14-24/h3-15,18H,16-17H2,1-2H3,(H,29,31)/b28-15-. The molecule has 0 aliphatic heterocycles. The minimum absolute atomic E-state index is 0.0199. The third kappa shape index (κ3) is 7.24. The van der Waals surface area contributed by atoms with Crippen molar-refractivity contribution < 1.29 is 13.2 Å². The van der Waals surface area contributed by atoms with Gasteiger partial charge in [0.2, 0.25) is 10.0 Å². The Labute approximate surface area is 213 Å². The van der Waals surface area contributed by atoms with Gasteiger partial charge in [0, 0.05) is 16.0 Å². The van der Waals surface area contributed by atoms with Gasteiger partial charge in [0.1, 0.15) is 0 Å². The zero-order chi connectivity index (χ0) is 24.7. The van der Waals surface area contributed by atoms with Crippen LogP contribution in [0.2, 0.25) is 5.02 Å². The first-order valence-electron chi connectivity index (χ1n) is 10.6. The highest BCUT2D eigenvalue weighted by Crippen LogP contribution is 2.21. The lowest BCUT2D eigenvalue weighted by atomic mass is 10.0. The molecule has 34 heavy (non-hydrogen) atoms. The van der Waals surface area contributed by atoms with Gasteiger partial charge in [-0.05, 0) is 59.0 Å². The van der Waals surface area contributed by atoms with Crippen molar-refractivity contribution in [1.29, 1.82) is 0 Å². The number of amides is 1. The summed E-state index contributed by atoms with van der Waals surface area (Å²) < 4.78 is 28.6. The summed E-state index contributed by atoms with van der Waals surface area (Å²) in [5, 5.41) is 4.41. The van der Waals surface area contributed by atoms with Crippen molar-refractivity contribution in [2.75, 3.05) is 6.54 Å². The third-order valence-corrected chi connectivity index (χ3v) is 7.64. The van der Waals surface area contributed by atoms with Gasteiger partial charge in [-0.15, -0.1) is 0 Å². The van der Waals surface area contributed by atoms with Gasteiger partial charge < -0.3 is 0 Å². The summed E-state index contributed by atoms with van der Waals surface area (Å²) in [5.41, 5.74) is 5.19. The van der Waals surface area contributed by atoms with Crippen LogP contribution in [0.4, 0.5) is 0 Å². The van der Waals surface area contributed by atoms with Gasteiger partial charge in [0.25, 0.3) is 5.91 Å². The summed E-state index contributed by atoms with van der Waals surface area (Å²) in [6, 6.07) is 20.9. The van der Waals surface area contributed by atoms with Crippen LogP contribution < -0.4 is 5.43 Å². The van der Waals surface area contributed by atoms with Crippen molar-refractivity contribution in [2.45, 2.75) is 31.2 Å². The molecule has 3 rings (SSSR count). The van der Waals surface area contributed by atoms with Gasteiger partial charge >= 0.3 is 0 Å². The number of nitrogens with zero attached hydrogens (tertiary/aromatic N) is 2. The maximum Gasteiger partial charge on any atom is 0.255 e. The van der Waals surface area contributed by atoms with Crippen LogP contribution in [0.3, 0.4) is 0 Å². The second kappa shape index (κ2) is 11.8. The summed E-state index contributed by atoms with van der Waals surface area (Å²) in [5.74, 6) is -0.130. The summed E-state index contributed by atoms with van der Waals surface area (Å²) in [4.78, 5) is 12.7. The van der Waals surface area contributed by atoms with E-state index in [1.165, 1.54) is 36.0 Å². The highest BCUT2D eigenvalue weighted by molar-refractivity contribution is 9.10. The average Bonchev–Trinajstić information content (AvgIpc) is 2.80. The number of rotatable bonds is 9. The first-order chi connectivity index (χ1) is 16.1. The van der Waals surface area contributed by atoms with Crippen molar-refractivity contribution in [3.05, 3.63) is 99.0 Å². The van der Waals surface area contributed by atoms with Gasteiger partial charge in [-0.25, -0.2) is 13.8 Å². The van der Waals surface area contributed by atoms with E-state index < -0.39 is 22.5 Å². The van der Waals surface area contributed by atoms with Crippen molar-refractivity contribution in [1.82, 2.24) is 9.73 Å². The first kappa shape index (κ1) is 26.1. The van der Waals surface area contributed by atoms with Gasteiger partial charge in [-0.3, -0.25) is 4.79 Å². The fourth-order valence-electron chi connectivity index (χ4n) is 3.12. The highest BCUT2D eigenvalue weighted by atomic mass is 79.9. The number of benzene rings is 3. The van der Waals surface area contributed by atoms with E-state index in [-0.39, 0.29) is 11.4 Å². The topological polar surface area (TPSA) is 78.8 Å². The minimum Gasteiger partial charge on any atom is -0.272 e. The van der Waals surface area contributed by atoms with Crippen LogP contribution in [0.1, 0.15) is 36.5 Å². The Bertz CT molecular complexity index is 1240. The summed E-state index contributed by atoms with van der Waals surface area (Å²) in [6.45, 7) is 3.85. The van der Waals surface area contributed by atoms with Gasteiger partial charge in [-0.1, -0.05) is 77.8 Å². The largest absolute Gasteiger partial charge is 0.272 e. The number of halogens is 2. The number of hydrazone groups is 1. The summed E-state index contributed by atoms with van der Waals surface area (Å²) in [6.07, 6.45) is 1.52. The lowest BCUT2D eigenvalue weighted by Gasteiger charge is -2.21. The zero-order valence-electron chi connectivity index (χ0n) is 18.8. The molecule has 0 bridgehead atoms. The van der Waals surface area contributed by atoms with Gasteiger partial charge in [0.15, 0.2) is 0 Å². The number of carbonyl (C=O) groups is 1. The van der Waals surface area contributed by atoms with Gasteiger partial charge in [0.05, 0.1) is 17.7 Å². The molecule has 0 aliphatic carbocycles. The molecule has 9 heteroatoms. The monoisotopic (exact) mass is 561 g/mol. The summed E-state index contributed by atoms with van der Waals surface area (Å²) in [7, 11) is -3.96. The average molecular weight is 563 g/mol. The molecule has 0 aliphatic rings. The van der Waals surface area contributed by atoms with E-state index in [4.69, 9.17) is 11.6 Å². The van der Waals surface area contributed by atoms with Crippen LogP contribution in [-0.4, -0.2) is 31.4 Å². The molecule has 0 unspecified atom stereocenters. The molecule has 0 aromatic heterocycles. The van der Waals surface area contributed by atoms with E-state index in [9.17, 15) is 13.2 Å². The SMILES string of the molecule is CC(C)c1ccc(/C=N\NC(=O)CN(Cc2ccc(Br)cc2)S(=O)(=O)c2ccc(Cl)cc2)cc1. The maximum absolute atomic E-state index is 13.3. The van der Waals surface area contributed by atoms with Crippen molar-refractivity contribution >= 4 is 49.7 Å². The number of carbonyl (C=O) groups excluding carboxylic acids is 1. The van der Waals surface area contributed by atoms with Crippen molar-refractivity contribution in [3.63, 3.8) is 0 Å². The molecule has 0 saturated carbocycles. The number of hydrogen-bond acceptors (Lipinski definition) is 4. The van der Waals surface area contributed by atoms with E-state index in [1.54, 1.807) is 12.1 Å². The Hall–Kier alpha value is -2.52. The molecule has 178 valence electrons. The fourth-order valence-corrected chi connectivity index (χ4v) is 4.89. The first-order valence-corrected chi connectivity index (χ1v) is 13.2. The van der Waals surface area contributed by atoms with E-state index >= 15 is 0 Å². The Morgan fingerprint density at radius 3 is 2.24 bits per heavy atom. The number of sulfonamides is 1. The molecular weight excluding hydrogens is 538 g/mol. The molecule has 1 N–H and O–H groups in total. The predicted octanol–water partition coefficient (Wildman–Crippen LogP) is 5.57. The van der Waals surface area contributed by atoms with Gasteiger partial charge in [-0.2, -0.15) is 9.41 Å². The number of nitrogens with one attached hydrogen (secondary N) is 1. The normalized spacial score (nSPS) is 11.9. The molecule has 0 radical (unpaired) electrons. The van der Waals surface area contributed by atoms with Crippen LogP contribution in [0, 0.1) is 0 Å². The maximum atomic E-state index is 13.3. The predicted molar refractivity (Wildman–Crippen MR) is 139 cm³/mol. The van der Waals surface area contributed by atoms with E-state index in [1.807, 2.05) is 36.4 Å². The molecule has 6 nitrogen and oxygen atoms in total. The molecule has 3 aromatic rings. The van der Waals surface area contributed by atoms with E-state index in [0.717, 1.165) is 19.9 Å². The molecule has 0 atom stereocenters. The second-order valence-corrected chi connectivity index (χ2v) is 11.3. The third-order valence-electron chi connectivity index (χ3n) is 5.05. The van der Waals surface area contributed by atoms with Crippen LogP contribution in [0.25, 0.3) is 0 Å².